The molecule has 0 saturated carbocycles. The van der Waals surface area contributed by atoms with E-state index in [1.165, 1.54) is 12.1 Å². The SMILES string of the molecule is CC(C)(C)OC(=O)CN1CCN(CC(=O)OC(C)(C)C)CCN(C(CCc2ccc([N+](=O)[O-])cc2)C(=O)OC(C)(C)C)CC1. The molecule has 0 bridgehead atoms. The highest BCUT2D eigenvalue weighted by Crippen LogP contribution is 2.19. The molecule has 0 spiro atoms. The van der Waals surface area contributed by atoms with E-state index >= 15 is 0 Å². The van der Waals surface area contributed by atoms with E-state index in [0.717, 1.165) is 5.56 Å². The summed E-state index contributed by atoms with van der Waals surface area (Å²) in [5, 5.41) is 11.1. The molecule has 12 heteroatoms. The van der Waals surface area contributed by atoms with E-state index in [-0.39, 0.29) is 36.7 Å². The fourth-order valence-corrected chi connectivity index (χ4v) is 4.81. The van der Waals surface area contributed by atoms with Gasteiger partial charge in [-0.15, -0.1) is 0 Å². The minimum absolute atomic E-state index is 0.00705. The highest BCUT2D eigenvalue weighted by atomic mass is 16.6. The molecule has 0 aliphatic carbocycles. The number of nitrogens with zero attached hydrogens (tertiary/aromatic N) is 4. The minimum Gasteiger partial charge on any atom is -0.459 e. The number of ether oxygens (including phenoxy) is 3. The second kappa shape index (κ2) is 15.8. The zero-order chi connectivity index (χ0) is 33.3. The van der Waals surface area contributed by atoms with Crippen molar-refractivity contribution < 1.29 is 33.5 Å². The van der Waals surface area contributed by atoms with Gasteiger partial charge in [0.25, 0.3) is 5.69 Å². The van der Waals surface area contributed by atoms with Gasteiger partial charge in [-0.3, -0.25) is 39.2 Å². The lowest BCUT2D eigenvalue weighted by Gasteiger charge is -2.34. The van der Waals surface area contributed by atoms with Gasteiger partial charge in [-0.05, 0) is 80.7 Å². The molecule has 0 radical (unpaired) electrons. The number of nitro groups is 1. The Morgan fingerprint density at radius 2 is 1.14 bits per heavy atom. The van der Waals surface area contributed by atoms with Crippen molar-refractivity contribution >= 4 is 23.6 Å². The fourth-order valence-electron chi connectivity index (χ4n) is 4.81. The number of esters is 3. The Labute approximate surface area is 262 Å². The molecule has 12 nitrogen and oxygen atoms in total. The predicted molar refractivity (Wildman–Crippen MR) is 167 cm³/mol. The summed E-state index contributed by atoms with van der Waals surface area (Å²) in [6, 6.07) is 5.71. The topological polar surface area (TPSA) is 132 Å². The van der Waals surface area contributed by atoms with Crippen LogP contribution in [0, 0.1) is 10.1 Å². The largest absolute Gasteiger partial charge is 0.459 e. The first-order valence-electron chi connectivity index (χ1n) is 15.3. The summed E-state index contributed by atoms with van der Waals surface area (Å²) >= 11 is 0. The van der Waals surface area contributed by atoms with E-state index in [2.05, 4.69) is 4.90 Å². The van der Waals surface area contributed by atoms with E-state index in [0.29, 0.717) is 52.1 Å². The van der Waals surface area contributed by atoms with E-state index < -0.39 is 27.8 Å². The standard InChI is InChI=1S/C32H52N4O8/c1-30(2,3)42-27(37)22-33-16-17-34(23-28(38)43-31(4,5)6)19-21-35(20-18-33)26(29(39)44-32(7,8)9)15-12-24-10-13-25(14-11-24)36(40)41/h10-11,13-14,26H,12,15-23H2,1-9H3. The molecule has 44 heavy (non-hydrogen) atoms. The Balaban J connectivity index is 2.32. The molecule has 2 rings (SSSR count). The van der Waals surface area contributed by atoms with Crippen molar-refractivity contribution in [3.8, 4) is 0 Å². The first kappa shape index (κ1) is 37.1. The summed E-state index contributed by atoms with van der Waals surface area (Å²) in [7, 11) is 0. The molecule has 1 unspecified atom stereocenters. The number of hydrogen-bond acceptors (Lipinski definition) is 11. The van der Waals surface area contributed by atoms with Crippen molar-refractivity contribution in [2.75, 3.05) is 52.4 Å². The zero-order valence-corrected chi connectivity index (χ0v) is 28.0. The normalized spacial score (nSPS) is 17.1. The molecule has 1 aromatic rings. The smallest absolute Gasteiger partial charge is 0.323 e. The third kappa shape index (κ3) is 14.6. The van der Waals surface area contributed by atoms with Crippen LogP contribution in [0.4, 0.5) is 5.69 Å². The van der Waals surface area contributed by atoms with E-state index in [9.17, 15) is 24.5 Å². The lowest BCUT2D eigenvalue weighted by molar-refractivity contribution is -0.384. The van der Waals surface area contributed by atoms with Crippen LogP contribution in [-0.2, 0) is 35.0 Å². The molecule has 1 heterocycles. The van der Waals surface area contributed by atoms with Crippen molar-refractivity contribution in [2.45, 2.75) is 98.0 Å². The molecule has 0 aromatic heterocycles. The molecule has 1 atom stereocenters. The predicted octanol–water partition coefficient (Wildman–Crippen LogP) is 3.84. The molecule has 248 valence electrons. The maximum absolute atomic E-state index is 13.6. The molecule has 1 aliphatic rings. The van der Waals surface area contributed by atoms with E-state index in [1.807, 2.05) is 72.1 Å². The Hall–Kier alpha value is -3.09. The van der Waals surface area contributed by atoms with Crippen molar-refractivity contribution in [3.05, 3.63) is 39.9 Å². The van der Waals surface area contributed by atoms with Gasteiger partial charge in [0, 0.05) is 51.4 Å². The van der Waals surface area contributed by atoms with Gasteiger partial charge in [0.05, 0.1) is 18.0 Å². The molecular formula is C32H52N4O8. The average molecular weight is 621 g/mol. The third-order valence-corrected chi connectivity index (χ3v) is 6.66. The molecule has 1 fully saturated rings. The number of nitro benzene ring substituents is 1. The molecule has 0 amide bonds. The van der Waals surface area contributed by atoms with Crippen LogP contribution in [0.25, 0.3) is 0 Å². The van der Waals surface area contributed by atoms with Crippen molar-refractivity contribution in [1.82, 2.24) is 14.7 Å². The summed E-state index contributed by atoms with van der Waals surface area (Å²) in [6.07, 6.45) is 0.923. The van der Waals surface area contributed by atoms with Gasteiger partial charge in [-0.1, -0.05) is 12.1 Å². The average Bonchev–Trinajstić information content (AvgIpc) is 2.93. The Kier molecular flexibility index (Phi) is 13.3. The lowest BCUT2D eigenvalue weighted by atomic mass is 10.0. The summed E-state index contributed by atoms with van der Waals surface area (Å²) in [5.74, 6) is -1.05. The number of hydrogen-bond donors (Lipinski definition) is 0. The Morgan fingerprint density at radius 1 is 0.727 bits per heavy atom. The lowest BCUT2D eigenvalue weighted by Crippen LogP contribution is -2.49. The Morgan fingerprint density at radius 3 is 1.52 bits per heavy atom. The first-order valence-corrected chi connectivity index (χ1v) is 15.3. The minimum atomic E-state index is -0.701. The van der Waals surface area contributed by atoms with Crippen LogP contribution in [0.3, 0.4) is 0 Å². The van der Waals surface area contributed by atoms with Gasteiger partial charge >= 0.3 is 17.9 Å². The van der Waals surface area contributed by atoms with Crippen LogP contribution in [0.1, 0.15) is 74.3 Å². The quantitative estimate of drug-likeness (QED) is 0.164. The summed E-state index contributed by atoms with van der Waals surface area (Å²) in [4.78, 5) is 55.8. The molecule has 1 aliphatic heterocycles. The number of aryl methyl sites for hydroxylation is 1. The number of carbonyl (C=O) groups is 3. The molecular weight excluding hydrogens is 568 g/mol. The van der Waals surface area contributed by atoms with Crippen LogP contribution in [0.2, 0.25) is 0 Å². The van der Waals surface area contributed by atoms with Crippen LogP contribution in [0.5, 0.6) is 0 Å². The van der Waals surface area contributed by atoms with Crippen LogP contribution in [-0.4, -0.2) is 113 Å². The van der Waals surface area contributed by atoms with Crippen LogP contribution in [0.15, 0.2) is 24.3 Å². The van der Waals surface area contributed by atoms with Gasteiger partial charge in [-0.25, -0.2) is 0 Å². The number of rotatable bonds is 10. The van der Waals surface area contributed by atoms with Gasteiger partial charge in [0.1, 0.15) is 22.8 Å². The number of benzene rings is 1. The highest BCUT2D eigenvalue weighted by Gasteiger charge is 2.32. The van der Waals surface area contributed by atoms with Gasteiger partial charge < -0.3 is 14.2 Å². The fraction of sp³-hybridized carbons (Fsp3) is 0.719. The highest BCUT2D eigenvalue weighted by molar-refractivity contribution is 5.76. The van der Waals surface area contributed by atoms with Crippen molar-refractivity contribution in [3.63, 3.8) is 0 Å². The van der Waals surface area contributed by atoms with Gasteiger partial charge in [0.2, 0.25) is 0 Å². The summed E-state index contributed by atoms with van der Waals surface area (Å²) in [6.45, 7) is 19.6. The maximum atomic E-state index is 13.6. The first-order chi connectivity index (χ1) is 20.2. The second-order valence-electron chi connectivity index (χ2n) is 14.3. The van der Waals surface area contributed by atoms with E-state index in [1.54, 1.807) is 12.1 Å². The third-order valence-electron chi connectivity index (χ3n) is 6.66. The second-order valence-corrected chi connectivity index (χ2v) is 14.3. The van der Waals surface area contributed by atoms with E-state index in [4.69, 9.17) is 14.2 Å². The van der Waals surface area contributed by atoms with Crippen molar-refractivity contribution in [1.29, 1.82) is 0 Å². The number of carbonyl (C=O) groups excluding carboxylic acids is 3. The molecule has 1 aromatic carbocycles. The zero-order valence-electron chi connectivity index (χ0n) is 28.0. The van der Waals surface area contributed by atoms with Gasteiger partial charge in [-0.2, -0.15) is 0 Å². The van der Waals surface area contributed by atoms with Crippen molar-refractivity contribution in [2.24, 2.45) is 0 Å². The number of non-ortho nitro benzene ring substituents is 1. The van der Waals surface area contributed by atoms with Gasteiger partial charge in [0.15, 0.2) is 0 Å². The summed E-state index contributed by atoms with van der Waals surface area (Å²) < 4.78 is 17.0. The molecule has 0 N–H and O–H groups in total. The van der Waals surface area contributed by atoms with Crippen LogP contribution >= 0.6 is 0 Å². The Bertz CT molecular complexity index is 1080. The van der Waals surface area contributed by atoms with Crippen LogP contribution < -0.4 is 0 Å². The monoisotopic (exact) mass is 620 g/mol. The summed E-state index contributed by atoms with van der Waals surface area (Å²) in [5.41, 5.74) is -1.07. The molecule has 1 saturated heterocycles. The maximum Gasteiger partial charge on any atom is 0.323 e.